The van der Waals surface area contributed by atoms with Gasteiger partial charge in [-0.25, -0.2) is 4.98 Å². The molecule has 0 saturated heterocycles. The van der Waals surface area contributed by atoms with E-state index in [0.29, 0.717) is 13.0 Å². The zero-order valence-electron chi connectivity index (χ0n) is 14.0. The van der Waals surface area contributed by atoms with Crippen LogP contribution in [-0.4, -0.2) is 35.4 Å². The van der Waals surface area contributed by atoms with E-state index in [4.69, 9.17) is 4.42 Å². The van der Waals surface area contributed by atoms with Crippen LogP contribution in [-0.2, 0) is 17.6 Å². The van der Waals surface area contributed by atoms with E-state index >= 15 is 0 Å². The van der Waals surface area contributed by atoms with Crippen LogP contribution in [0.4, 0.5) is 0 Å². The number of amides is 1. The summed E-state index contributed by atoms with van der Waals surface area (Å²) >= 11 is 1.61. The molecular formula is C17H25N3O2S. The van der Waals surface area contributed by atoms with Crippen LogP contribution in [0.25, 0.3) is 0 Å². The van der Waals surface area contributed by atoms with E-state index in [-0.39, 0.29) is 11.9 Å². The maximum atomic E-state index is 12.2. The van der Waals surface area contributed by atoms with Crippen LogP contribution in [0.2, 0.25) is 0 Å². The molecule has 2 heterocycles. The van der Waals surface area contributed by atoms with Gasteiger partial charge in [0.15, 0.2) is 0 Å². The number of nitrogens with zero attached hydrogens (tertiary/aromatic N) is 2. The molecule has 1 atom stereocenters. The zero-order valence-corrected chi connectivity index (χ0v) is 14.9. The lowest BCUT2D eigenvalue weighted by Crippen LogP contribution is -2.38. The topological polar surface area (TPSA) is 58.4 Å². The molecule has 5 nitrogen and oxygen atoms in total. The Labute approximate surface area is 141 Å². The predicted octanol–water partition coefficient (Wildman–Crippen LogP) is 3.04. The van der Waals surface area contributed by atoms with Gasteiger partial charge in [-0.3, -0.25) is 9.69 Å². The Kier molecular flexibility index (Phi) is 6.80. The Hall–Kier alpha value is -1.66. The third-order valence-corrected chi connectivity index (χ3v) is 4.90. The fourth-order valence-electron chi connectivity index (χ4n) is 2.58. The number of likely N-dealkylation sites (N-methyl/N-ethyl adjacent to an activating group) is 1. The van der Waals surface area contributed by atoms with Crippen molar-refractivity contribution in [3.8, 4) is 0 Å². The van der Waals surface area contributed by atoms with Crippen LogP contribution in [0.1, 0.15) is 43.3 Å². The quantitative estimate of drug-likeness (QED) is 0.765. The number of carbonyl (C=O) groups is 1. The Morgan fingerprint density at radius 3 is 2.74 bits per heavy atom. The van der Waals surface area contributed by atoms with E-state index in [1.807, 2.05) is 17.5 Å². The molecule has 2 rings (SSSR count). The van der Waals surface area contributed by atoms with Crippen molar-refractivity contribution in [3.63, 3.8) is 0 Å². The van der Waals surface area contributed by atoms with E-state index in [2.05, 4.69) is 36.0 Å². The minimum atomic E-state index is 0.00154. The summed E-state index contributed by atoms with van der Waals surface area (Å²) in [5.41, 5.74) is 0.849. The maximum absolute atomic E-state index is 12.2. The standard InChI is InChI=1S/C17H25N3O2S/c1-4-17-19-13(12-23-17)10-16(21)18-11-14(20(5-2)6-3)15-8-7-9-22-15/h7-9,12,14H,4-6,10-11H2,1-3H3,(H,18,21)/t14-/m1/s1. The second kappa shape index (κ2) is 8.84. The van der Waals surface area contributed by atoms with Crippen LogP contribution in [0.3, 0.4) is 0 Å². The first-order chi connectivity index (χ1) is 11.2. The Balaban J connectivity index is 1.93. The van der Waals surface area contributed by atoms with Gasteiger partial charge >= 0.3 is 0 Å². The third kappa shape index (κ3) is 4.91. The molecule has 0 aromatic carbocycles. The molecule has 0 fully saturated rings. The molecule has 0 bridgehead atoms. The first kappa shape index (κ1) is 17.7. The van der Waals surface area contributed by atoms with E-state index in [1.165, 1.54) is 0 Å². The Bertz CT molecular complexity index is 591. The normalized spacial score (nSPS) is 12.5. The number of hydrogen-bond acceptors (Lipinski definition) is 5. The van der Waals surface area contributed by atoms with Gasteiger partial charge in [0, 0.05) is 11.9 Å². The lowest BCUT2D eigenvalue weighted by molar-refractivity contribution is -0.120. The summed E-state index contributed by atoms with van der Waals surface area (Å²) in [6, 6.07) is 3.91. The average Bonchev–Trinajstić information content (AvgIpc) is 3.22. The number of carbonyl (C=O) groups excluding carboxylic acids is 1. The smallest absolute Gasteiger partial charge is 0.226 e. The lowest BCUT2D eigenvalue weighted by Gasteiger charge is -2.28. The number of furan rings is 1. The van der Waals surface area contributed by atoms with Crippen molar-refractivity contribution in [1.29, 1.82) is 0 Å². The summed E-state index contributed by atoms with van der Waals surface area (Å²) in [4.78, 5) is 18.9. The summed E-state index contributed by atoms with van der Waals surface area (Å²) in [6.45, 7) is 8.65. The molecular weight excluding hydrogens is 310 g/mol. The second-order valence-corrected chi connectivity index (χ2v) is 6.26. The van der Waals surface area contributed by atoms with E-state index < -0.39 is 0 Å². The number of thiazole rings is 1. The van der Waals surface area contributed by atoms with Crippen molar-refractivity contribution in [2.75, 3.05) is 19.6 Å². The highest BCUT2D eigenvalue weighted by atomic mass is 32.1. The van der Waals surface area contributed by atoms with Gasteiger partial charge in [-0.15, -0.1) is 11.3 Å². The summed E-state index contributed by atoms with van der Waals surface area (Å²) in [5, 5.41) is 6.06. The molecule has 1 N–H and O–H groups in total. The molecule has 0 saturated carbocycles. The third-order valence-electron chi connectivity index (χ3n) is 3.86. The van der Waals surface area contributed by atoms with Crippen molar-refractivity contribution in [1.82, 2.24) is 15.2 Å². The van der Waals surface area contributed by atoms with Crippen LogP contribution in [0.5, 0.6) is 0 Å². The van der Waals surface area contributed by atoms with Gasteiger partial charge in [0.25, 0.3) is 0 Å². The number of nitrogens with one attached hydrogen (secondary N) is 1. The Morgan fingerprint density at radius 2 is 2.17 bits per heavy atom. The molecule has 0 aliphatic carbocycles. The minimum absolute atomic E-state index is 0.00154. The number of hydrogen-bond donors (Lipinski definition) is 1. The molecule has 6 heteroatoms. The number of aryl methyl sites for hydroxylation is 1. The average molecular weight is 335 g/mol. The Morgan fingerprint density at radius 1 is 1.39 bits per heavy atom. The highest BCUT2D eigenvalue weighted by Gasteiger charge is 2.21. The molecule has 0 radical (unpaired) electrons. The molecule has 0 aliphatic rings. The molecule has 2 aromatic rings. The first-order valence-corrected chi connectivity index (χ1v) is 9.03. The number of rotatable bonds is 9. The number of aromatic nitrogens is 1. The van der Waals surface area contributed by atoms with Gasteiger partial charge in [-0.2, -0.15) is 0 Å². The summed E-state index contributed by atoms with van der Waals surface area (Å²) in [6.07, 6.45) is 2.92. The van der Waals surface area contributed by atoms with Gasteiger partial charge < -0.3 is 9.73 Å². The van der Waals surface area contributed by atoms with Gasteiger partial charge in [0.1, 0.15) is 5.76 Å². The molecule has 2 aromatic heterocycles. The van der Waals surface area contributed by atoms with E-state index in [9.17, 15) is 4.79 Å². The predicted molar refractivity (Wildman–Crippen MR) is 92.6 cm³/mol. The highest BCUT2D eigenvalue weighted by Crippen LogP contribution is 2.20. The lowest BCUT2D eigenvalue weighted by atomic mass is 10.1. The van der Waals surface area contributed by atoms with Gasteiger partial charge in [-0.05, 0) is 31.6 Å². The molecule has 0 aliphatic heterocycles. The summed E-state index contributed by atoms with van der Waals surface area (Å²) < 4.78 is 5.55. The molecule has 126 valence electrons. The van der Waals surface area contributed by atoms with Crippen LogP contribution >= 0.6 is 11.3 Å². The van der Waals surface area contributed by atoms with Crippen molar-refractivity contribution < 1.29 is 9.21 Å². The molecule has 23 heavy (non-hydrogen) atoms. The van der Waals surface area contributed by atoms with Gasteiger partial charge in [-0.1, -0.05) is 20.8 Å². The summed E-state index contributed by atoms with van der Waals surface area (Å²) in [5.74, 6) is 0.887. The maximum Gasteiger partial charge on any atom is 0.226 e. The monoisotopic (exact) mass is 335 g/mol. The first-order valence-electron chi connectivity index (χ1n) is 8.15. The SMILES string of the molecule is CCc1nc(CC(=O)NC[C@H](c2ccco2)N(CC)CC)cs1. The van der Waals surface area contributed by atoms with Crippen molar-refractivity contribution in [2.45, 2.75) is 39.7 Å². The largest absolute Gasteiger partial charge is 0.468 e. The highest BCUT2D eigenvalue weighted by molar-refractivity contribution is 7.09. The second-order valence-electron chi connectivity index (χ2n) is 5.32. The molecule has 0 unspecified atom stereocenters. The summed E-state index contributed by atoms with van der Waals surface area (Å²) in [7, 11) is 0. The van der Waals surface area contributed by atoms with Crippen molar-refractivity contribution >= 4 is 17.2 Å². The fraction of sp³-hybridized carbons (Fsp3) is 0.529. The fourth-order valence-corrected chi connectivity index (χ4v) is 3.33. The van der Waals surface area contributed by atoms with E-state index in [1.54, 1.807) is 17.6 Å². The van der Waals surface area contributed by atoms with E-state index in [0.717, 1.165) is 36.0 Å². The van der Waals surface area contributed by atoms with Crippen molar-refractivity contribution in [2.24, 2.45) is 0 Å². The van der Waals surface area contributed by atoms with Crippen LogP contribution < -0.4 is 5.32 Å². The van der Waals surface area contributed by atoms with Crippen LogP contribution in [0.15, 0.2) is 28.2 Å². The van der Waals surface area contributed by atoms with Gasteiger partial charge in [0.05, 0.1) is 29.4 Å². The molecule has 0 spiro atoms. The zero-order chi connectivity index (χ0) is 16.7. The molecule has 1 amide bonds. The van der Waals surface area contributed by atoms with Crippen molar-refractivity contribution in [3.05, 3.63) is 40.2 Å². The minimum Gasteiger partial charge on any atom is -0.468 e. The van der Waals surface area contributed by atoms with Gasteiger partial charge in [0.2, 0.25) is 5.91 Å². The van der Waals surface area contributed by atoms with Crippen LogP contribution in [0, 0.1) is 0 Å².